The van der Waals surface area contributed by atoms with Crippen molar-refractivity contribution >= 4 is 11.4 Å². The first kappa shape index (κ1) is 11.2. The van der Waals surface area contributed by atoms with Crippen LogP contribution in [0.4, 0.5) is 15.8 Å². The SMILES string of the molecule is COC1CCN(c2cc(N)cc(F)c2)CC1. The molecule has 0 amide bonds. The van der Waals surface area contributed by atoms with Gasteiger partial charge >= 0.3 is 0 Å². The van der Waals surface area contributed by atoms with Crippen LogP contribution in [0.25, 0.3) is 0 Å². The summed E-state index contributed by atoms with van der Waals surface area (Å²) in [4.78, 5) is 2.15. The van der Waals surface area contributed by atoms with Crippen LogP contribution < -0.4 is 10.6 Å². The van der Waals surface area contributed by atoms with Crippen molar-refractivity contribution < 1.29 is 9.13 Å². The van der Waals surface area contributed by atoms with Gasteiger partial charge in [-0.15, -0.1) is 0 Å². The summed E-state index contributed by atoms with van der Waals surface area (Å²) in [6.45, 7) is 1.78. The van der Waals surface area contributed by atoms with E-state index in [1.807, 2.05) is 6.07 Å². The number of nitrogens with zero attached hydrogens (tertiary/aromatic N) is 1. The van der Waals surface area contributed by atoms with Gasteiger partial charge in [0.1, 0.15) is 5.82 Å². The quantitative estimate of drug-likeness (QED) is 0.781. The van der Waals surface area contributed by atoms with E-state index in [-0.39, 0.29) is 5.82 Å². The highest BCUT2D eigenvalue weighted by molar-refractivity contribution is 5.56. The van der Waals surface area contributed by atoms with Crippen molar-refractivity contribution in [2.75, 3.05) is 30.8 Å². The normalized spacial score (nSPS) is 17.8. The van der Waals surface area contributed by atoms with Gasteiger partial charge < -0.3 is 15.4 Å². The van der Waals surface area contributed by atoms with Gasteiger partial charge in [0.2, 0.25) is 0 Å². The number of halogens is 1. The van der Waals surface area contributed by atoms with Crippen molar-refractivity contribution in [3.63, 3.8) is 0 Å². The molecule has 0 aromatic heterocycles. The lowest BCUT2D eigenvalue weighted by atomic mass is 10.1. The Morgan fingerprint density at radius 2 is 2.00 bits per heavy atom. The standard InChI is InChI=1S/C12H17FN2O/c1-16-12-2-4-15(5-3-12)11-7-9(13)6-10(14)8-11/h6-8,12H,2-5,14H2,1H3. The summed E-state index contributed by atoms with van der Waals surface area (Å²) in [7, 11) is 1.74. The summed E-state index contributed by atoms with van der Waals surface area (Å²) >= 11 is 0. The lowest BCUT2D eigenvalue weighted by molar-refractivity contribution is 0.0819. The van der Waals surface area contributed by atoms with E-state index in [1.165, 1.54) is 12.1 Å². The van der Waals surface area contributed by atoms with Crippen molar-refractivity contribution in [2.45, 2.75) is 18.9 Å². The lowest BCUT2D eigenvalue weighted by Gasteiger charge is -2.33. The maximum atomic E-state index is 13.2. The molecular formula is C12H17FN2O. The molecule has 0 radical (unpaired) electrons. The maximum absolute atomic E-state index is 13.2. The Balaban J connectivity index is 2.08. The number of hydrogen-bond acceptors (Lipinski definition) is 3. The van der Waals surface area contributed by atoms with Crippen molar-refractivity contribution in [1.29, 1.82) is 0 Å². The Morgan fingerprint density at radius 1 is 1.31 bits per heavy atom. The fourth-order valence-electron chi connectivity index (χ4n) is 2.13. The molecule has 1 aromatic rings. The van der Waals surface area contributed by atoms with E-state index in [4.69, 9.17) is 10.5 Å². The summed E-state index contributed by atoms with van der Waals surface area (Å²) < 4.78 is 18.5. The zero-order chi connectivity index (χ0) is 11.5. The molecule has 1 heterocycles. The summed E-state index contributed by atoms with van der Waals surface area (Å²) in [5, 5.41) is 0. The molecule has 2 N–H and O–H groups in total. The average molecular weight is 224 g/mol. The minimum atomic E-state index is -0.274. The van der Waals surface area contributed by atoms with Crippen molar-refractivity contribution in [3.05, 3.63) is 24.0 Å². The molecule has 0 atom stereocenters. The predicted octanol–water partition coefficient (Wildman–Crippen LogP) is 2.02. The topological polar surface area (TPSA) is 38.5 Å². The molecule has 0 unspecified atom stereocenters. The number of anilines is 2. The molecule has 0 bridgehead atoms. The minimum absolute atomic E-state index is 0.274. The molecule has 0 spiro atoms. The minimum Gasteiger partial charge on any atom is -0.399 e. The third-order valence-electron chi connectivity index (χ3n) is 3.05. The maximum Gasteiger partial charge on any atom is 0.127 e. The zero-order valence-corrected chi connectivity index (χ0v) is 9.45. The van der Waals surface area contributed by atoms with Crippen LogP contribution in [0.3, 0.4) is 0 Å². The third-order valence-corrected chi connectivity index (χ3v) is 3.05. The molecule has 4 heteroatoms. The van der Waals surface area contributed by atoms with Gasteiger partial charge in [-0.1, -0.05) is 0 Å². The summed E-state index contributed by atoms with van der Waals surface area (Å²) in [5.41, 5.74) is 6.97. The molecule has 1 aromatic carbocycles. The Labute approximate surface area is 95.0 Å². The van der Waals surface area contributed by atoms with Crippen LogP contribution in [0.1, 0.15) is 12.8 Å². The van der Waals surface area contributed by atoms with Crippen LogP contribution in [0.15, 0.2) is 18.2 Å². The summed E-state index contributed by atoms with van der Waals surface area (Å²) in [5.74, 6) is -0.274. The van der Waals surface area contributed by atoms with Crippen molar-refractivity contribution in [2.24, 2.45) is 0 Å². The first-order chi connectivity index (χ1) is 7.69. The van der Waals surface area contributed by atoms with Gasteiger partial charge in [-0.25, -0.2) is 4.39 Å². The van der Waals surface area contributed by atoms with Gasteiger partial charge in [0.25, 0.3) is 0 Å². The molecular weight excluding hydrogens is 207 g/mol. The Morgan fingerprint density at radius 3 is 2.56 bits per heavy atom. The molecule has 0 saturated carbocycles. The number of nitrogen functional groups attached to an aromatic ring is 1. The van der Waals surface area contributed by atoms with Gasteiger partial charge in [0, 0.05) is 31.6 Å². The van der Waals surface area contributed by atoms with E-state index in [1.54, 1.807) is 7.11 Å². The number of ether oxygens (including phenoxy) is 1. The molecule has 1 saturated heterocycles. The van der Waals surface area contributed by atoms with E-state index in [2.05, 4.69) is 4.90 Å². The number of rotatable bonds is 2. The van der Waals surface area contributed by atoms with Gasteiger partial charge in [0.15, 0.2) is 0 Å². The first-order valence-corrected chi connectivity index (χ1v) is 5.53. The number of methoxy groups -OCH3 is 1. The second kappa shape index (κ2) is 4.70. The fourth-order valence-corrected chi connectivity index (χ4v) is 2.13. The van der Waals surface area contributed by atoms with E-state index < -0.39 is 0 Å². The molecule has 2 rings (SSSR count). The van der Waals surface area contributed by atoms with Crippen LogP contribution in [-0.2, 0) is 4.74 Å². The van der Waals surface area contributed by atoms with Crippen LogP contribution in [0, 0.1) is 5.82 Å². The average Bonchev–Trinajstić information content (AvgIpc) is 2.28. The van der Waals surface area contributed by atoms with E-state index in [0.29, 0.717) is 11.8 Å². The van der Waals surface area contributed by atoms with E-state index in [9.17, 15) is 4.39 Å². The monoisotopic (exact) mass is 224 g/mol. The predicted molar refractivity (Wildman–Crippen MR) is 63.1 cm³/mol. The molecule has 0 aliphatic carbocycles. The number of piperidine rings is 1. The molecule has 16 heavy (non-hydrogen) atoms. The van der Waals surface area contributed by atoms with Gasteiger partial charge in [-0.2, -0.15) is 0 Å². The molecule has 88 valence electrons. The highest BCUT2D eigenvalue weighted by Gasteiger charge is 2.19. The molecule has 1 aliphatic heterocycles. The molecule has 1 aliphatic rings. The Hall–Kier alpha value is -1.29. The number of nitrogens with two attached hydrogens (primary N) is 1. The lowest BCUT2D eigenvalue weighted by Crippen LogP contribution is -2.36. The molecule has 3 nitrogen and oxygen atoms in total. The highest BCUT2D eigenvalue weighted by atomic mass is 19.1. The van der Waals surface area contributed by atoms with Crippen LogP contribution >= 0.6 is 0 Å². The second-order valence-electron chi connectivity index (χ2n) is 4.16. The van der Waals surface area contributed by atoms with Crippen molar-refractivity contribution in [1.82, 2.24) is 0 Å². The largest absolute Gasteiger partial charge is 0.399 e. The Kier molecular flexibility index (Phi) is 3.29. The smallest absolute Gasteiger partial charge is 0.127 e. The summed E-state index contributed by atoms with van der Waals surface area (Å²) in [6, 6.07) is 4.69. The third kappa shape index (κ3) is 2.44. The summed E-state index contributed by atoms with van der Waals surface area (Å²) in [6.07, 6.45) is 2.29. The first-order valence-electron chi connectivity index (χ1n) is 5.53. The molecule has 1 fully saturated rings. The van der Waals surface area contributed by atoms with Gasteiger partial charge in [0.05, 0.1) is 6.10 Å². The van der Waals surface area contributed by atoms with E-state index >= 15 is 0 Å². The van der Waals surface area contributed by atoms with Crippen molar-refractivity contribution in [3.8, 4) is 0 Å². The van der Waals surface area contributed by atoms with Gasteiger partial charge in [-0.3, -0.25) is 0 Å². The number of hydrogen-bond donors (Lipinski definition) is 1. The fraction of sp³-hybridized carbons (Fsp3) is 0.500. The second-order valence-corrected chi connectivity index (χ2v) is 4.16. The van der Waals surface area contributed by atoms with Crippen LogP contribution in [0.2, 0.25) is 0 Å². The number of benzene rings is 1. The van der Waals surface area contributed by atoms with Gasteiger partial charge in [-0.05, 0) is 31.0 Å². The van der Waals surface area contributed by atoms with E-state index in [0.717, 1.165) is 31.6 Å². The Bertz CT molecular complexity index is 342. The van der Waals surface area contributed by atoms with Crippen LogP contribution in [0.5, 0.6) is 0 Å². The highest BCUT2D eigenvalue weighted by Crippen LogP contribution is 2.24. The van der Waals surface area contributed by atoms with Crippen LogP contribution in [-0.4, -0.2) is 26.3 Å². The zero-order valence-electron chi connectivity index (χ0n) is 9.45.